The predicted octanol–water partition coefficient (Wildman–Crippen LogP) is 8.41. The zero-order valence-corrected chi connectivity index (χ0v) is 18.8. The molecule has 0 atom stereocenters. The van der Waals surface area contributed by atoms with Gasteiger partial charge in [0.05, 0.1) is 0 Å². The van der Waals surface area contributed by atoms with Gasteiger partial charge in [-0.1, -0.05) is 48.5 Å². The van der Waals surface area contributed by atoms with Crippen LogP contribution in [0, 0.1) is 0 Å². The van der Waals surface area contributed by atoms with Crippen LogP contribution < -0.4 is 0 Å². The number of rotatable bonds is 5. The molecule has 5 rings (SSSR count). The molecule has 0 saturated carbocycles. The lowest BCUT2D eigenvalue weighted by Gasteiger charge is -2.27. The Bertz CT molecular complexity index is 1370. The quantitative estimate of drug-likeness (QED) is 0.200. The van der Waals surface area contributed by atoms with Crippen LogP contribution in [0.25, 0.3) is 32.7 Å². The van der Waals surface area contributed by atoms with Gasteiger partial charge in [-0.15, -0.1) is 0 Å². The molecule has 1 aliphatic rings. The van der Waals surface area contributed by atoms with Crippen LogP contribution in [0.1, 0.15) is 16.8 Å². The highest BCUT2D eigenvalue weighted by molar-refractivity contribution is 7.54. The number of fused-ring (bicyclic) bond motifs is 5. The van der Waals surface area contributed by atoms with Gasteiger partial charge >= 0.3 is 19.9 Å². The van der Waals surface area contributed by atoms with E-state index in [1.165, 1.54) is 0 Å². The first-order valence-corrected chi connectivity index (χ1v) is 12.1. The van der Waals surface area contributed by atoms with Crippen molar-refractivity contribution in [3.63, 3.8) is 0 Å². The molecular weight excluding hydrogens is 493 g/mol. The van der Waals surface area contributed by atoms with Crippen LogP contribution in [0.2, 0.25) is 0 Å². The van der Waals surface area contributed by atoms with Crippen LogP contribution in [-0.2, 0) is 13.6 Å². The molecule has 3 nitrogen and oxygen atoms in total. The Kier molecular flexibility index (Phi) is 5.70. The molecule has 0 bridgehead atoms. The molecule has 4 aromatic rings. The number of hydrogen-bond donors (Lipinski definition) is 0. The smallest absolute Gasteiger partial charge is 0.298 e. The van der Waals surface area contributed by atoms with Crippen molar-refractivity contribution in [2.75, 3.05) is 13.2 Å². The molecule has 0 spiro atoms. The zero-order chi connectivity index (χ0) is 25.0. The largest absolute Gasteiger partial charge is 0.412 e. The summed E-state index contributed by atoms with van der Waals surface area (Å²) in [6, 6.07) is 21.1. The fourth-order valence-electron chi connectivity index (χ4n) is 4.46. The molecule has 0 fully saturated rings. The lowest BCUT2D eigenvalue weighted by atomic mass is 9.99. The molecule has 0 amide bonds. The van der Waals surface area contributed by atoms with Crippen molar-refractivity contribution in [2.24, 2.45) is 0 Å². The van der Waals surface area contributed by atoms with Crippen LogP contribution in [0.3, 0.4) is 0 Å². The summed E-state index contributed by atoms with van der Waals surface area (Å²) in [6.45, 7) is -4.02. The molecule has 4 aromatic carbocycles. The van der Waals surface area contributed by atoms with Gasteiger partial charge in [0.1, 0.15) is 5.66 Å². The van der Waals surface area contributed by atoms with Crippen molar-refractivity contribution in [2.45, 2.75) is 18.0 Å². The van der Waals surface area contributed by atoms with E-state index in [1.54, 1.807) is 48.5 Å². The molecule has 0 saturated heterocycles. The zero-order valence-electron chi connectivity index (χ0n) is 17.9. The van der Waals surface area contributed by atoms with Gasteiger partial charge < -0.3 is 0 Å². The van der Waals surface area contributed by atoms with E-state index in [-0.39, 0.29) is 0 Å². The molecule has 10 heteroatoms. The van der Waals surface area contributed by atoms with Gasteiger partial charge in [0.2, 0.25) is 0 Å². The van der Waals surface area contributed by atoms with Crippen molar-refractivity contribution in [1.82, 2.24) is 0 Å². The van der Waals surface area contributed by atoms with E-state index < -0.39 is 38.8 Å². The molecule has 0 heterocycles. The van der Waals surface area contributed by atoms with E-state index in [9.17, 15) is 30.9 Å². The Hall–Kier alpha value is -2.87. The van der Waals surface area contributed by atoms with Gasteiger partial charge in [0, 0.05) is 0 Å². The van der Waals surface area contributed by atoms with Crippen LogP contribution in [0.5, 0.6) is 0 Å². The molecular formula is C25H17F6O3P. The van der Waals surface area contributed by atoms with Crippen LogP contribution in [-0.4, -0.2) is 25.6 Å². The Balaban J connectivity index is 1.75. The predicted molar refractivity (Wildman–Crippen MR) is 120 cm³/mol. The third kappa shape index (κ3) is 4.68. The summed E-state index contributed by atoms with van der Waals surface area (Å²) in [7, 11) is -5.02. The average molecular weight is 510 g/mol. The number of hydrogen-bond acceptors (Lipinski definition) is 3. The Labute approximate surface area is 195 Å². The summed E-state index contributed by atoms with van der Waals surface area (Å²) in [5.74, 6) is 0. The van der Waals surface area contributed by atoms with Crippen LogP contribution in [0.4, 0.5) is 26.3 Å². The monoisotopic (exact) mass is 510 g/mol. The fourth-order valence-corrected chi connectivity index (χ4v) is 6.59. The lowest BCUT2D eigenvalue weighted by Crippen LogP contribution is -2.21. The third-order valence-electron chi connectivity index (χ3n) is 5.85. The Morgan fingerprint density at radius 3 is 1.31 bits per heavy atom. The fraction of sp³-hybridized carbons (Fsp3) is 0.200. The summed E-state index contributed by atoms with van der Waals surface area (Å²) >= 11 is 0. The first kappa shape index (κ1) is 23.9. The summed E-state index contributed by atoms with van der Waals surface area (Å²) < 4.78 is 101. The first-order valence-electron chi connectivity index (χ1n) is 10.5. The minimum absolute atomic E-state index is 0.293. The highest BCUT2D eigenvalue weighted by atomic mass is 31.2. The first-order chi connectivity index (χ1) is 16.4. The van der Waals surface area contributed by atoms with Gasteiger partial charge in [0.25, 0.3) is 0 Å². The molecule has 0 unspecified atom stereocenters. The maximum Gasteiger partial charge on any atom is 0.412 e. The van der Waals surface area contributed by atoms with Crippen molar-refractivity contribution in [1.29, 1.82) is 0 Å². The van der Waals surface area contributed by atoms with E-state index in [1.807, 2.05) is 24.3 Å². The van der Waals surface area contributed by atoms with Crippen LogP contribution in [0.15, 0.2) is 72.8 Å². The second kappa shape index (κ2) is 8.36. The van der Waals surface area contributed by atoms with E-state index in [0.29, 0.717) is 33.0 Å². The van der Waals surface area contributed by atoms with Gasteiger partial charge in [-0.3, -0.25) is 13.6 Å². The molecule has 0 N–H and O–H groups in total. The summed E-state index contributed by atoms with van der Waals surface area (Å²) in [4.78, 5) is 0. The van der Waals surface area contributed by atoms with Gasteiger partial charge in [-0.2, -0.15) is 26.3 Å². The minimum Gasteiger partial charge on any atom is -0.298 e. The van der Waals surface area contributed by atoms with Crippen molar-refractivity contribution in [3.8, 4) is 11.1 Å². The number of benzene rings is 4. The lowest BCUT2D eigenvalue weighted by molar-refractivity contribution is -0.165. The maximum atomic E-state index is 13.9. The molecule has 1 aliphatic carbocycles. The SMILES string of the molecule is O=P(OCC(F)(F)F)(OCC(F)(F)F)C1c2cc3ccccc3cc2-c2cc3ccccc3cc21. The normalized spacial score (nSPS) is 14.5. The standard InChI is InChI=1S/C25H17F6O3P/c26-24(27,28)13-33-35(32,34-14-25(29,30)31)23-21-11-17-7-3-1-5-15(17)9-19(21)20-10-16-6-2-4-8-18(16)12-22(20)23/h1-12,23H,13-14H2. The summed E-state index contributed by atoms with van der Waals surface area (Å²) in [6.07, 6.45) is -9.84. The van der Waals surface area contributed by atoms with E-state index in [2.05, 4.69) is 0 Å². The maximum absolute atomic E-state index is 13.9. The van der Waals surface area contributed by atoms with Gasteiger partial charge in [-0.25, -0.2) is 0 Å². The second-order valence-electron chi connectivity index (χ2n) is 8.29. The average Bonchev–Trinajstić information content (AvgIpc) is 3.10. The molecule has 182 valence electrons. The van der Waals surface area contributed by atoms with Gasteiger partial charge in [-0.05, 0) is 68.1 Å². The number of halogens is 6. The molecule has 35 heavy (non-hydrogen) atoms. The third-order valence-corrected chi connectivity index (χ3v) is 8.01. The Morgan fingerprint density at radius 2 is 0.971 bits per heavy atom. The molecule has 0 radical (unpaired) electrons. The second-order valence-corrected chi connectivity index (χ2v) is 10.4. The van der Waals surface area contributed by atoms with E-state index >= 15 is 0 Å². The van der Waals surface area contributed by atoms with Crippen molar-refractivity contribution >= 4 is 29.1 Å². The van der Waals surface area contributed by atoms with E-state index in [0.717, 1.165) is 10.8 Å². The highest BCUT2D eigenvalue weighted by Crippen LogP contribution is 2.69. The minimum atomic E-state index is -5.02. The van der Waals surface area contributed by atoms with Crippen molar-refractivity contribution in [3.05, 3.63) is 83.9 Å². The molecule has 0 aromatic heterocycles. The van der Waals surface area contributed by atoms with Crippen molar-refractivity contribution < 1.29 is 40.0 Å². The Morgan fingerprint density at radius 1 is 0.629 bits per heavy atom. The topological polar surface area (TPSA) is 35.5 Å². The van der Waals surface area contributed by atoms with Gasteiger partial charge in [0.15, 0.2) is 13.2 Å². The number of alkyl halides is 6. The summed E-state index contributed by atoms with van der Waals surface area (Å²) in [5.41, 5.74) is 0.233. The molecule has 0 aliphatic heterocycles. The highest BCUT2D eigenvalue weighted by Gasteiger charge is 2.48. The van der Waals surface area contributed by atoms with E-state index in [4.69, 9.17) is 9.05 Å². The summed E-state index contributed by atoms with van der Waals surface area (Å²) in [5, 5.41) is 3.00. The van der Waals surface area contributed by atoms with Crippen LogP contribution >= 0.6 is 7.60 Å².